The summed E-state index contributed by atoms with van der Waals surface area (Å²) in [6.07, 6.45) is 0. The Bertz CT molecular complexity index is 323. The first-order chi connectivity index (χ1) is 7.09. The molecule has 0 saturated heterocycles. The van der Waals surface area contributed by atoms with Crippen molar-refractivity contribution in [2.75, 3.05) is 0 Å². The van der Waals surface area contributed by atoms with Gasteiger partial charge in [0.1, 0.15) is 5.75 Å². The van der Waals surface area contributed by atoms with Crippen LogP contribution < -0.4 is 4.74 Å². The molecule has 1 aromatic carbocycles. The van der Waals surface area contributed by atoms with Crippen molar-refractivity contribution < 1.29 is 9.53 Å². The largest absolute Gasteiger partial charge is 0.427 e. The fourth-order valence-corrected chi connectivity index (χ4v) is 0.973. The van der Waals surface area contributed by atoms with Gasteiger partial charge in [-0.05, 0) is 24.6 Å². The fourth-order valence-electron chi connectivity index (χ4n) is 0.973. The number of ether oxygens (including phenoxy) is 1. The van der Waals surface area contributed by atoms with E-state index < -0.39 is 0 Å². The first-order valence-corrected chi connectivity index (χ1v) is 5.04. The molecule has 0 amide bonds. The van der Waals surface area contributed by atoms with Crippen molar-refractivity contribution >= 4 is 11.5 Å². The predicted octanol–water partition coefficient (Wildman–Crippen LogP) is 3.67. The van der Waals surface area contributed by atoms with Crippen LogP contribution in [-0.2, 0) is 4.79 Å². The molecule has 0 aliphatic rings. The van der Waals surface area contributed by atoms with E-state index in [1.807, 2.05) is 32.9 Å². The molecule has 2 heteroatoms. The fraction of sp³-hybridized carbons (Fsp3) is 0.308. The van der Waals surface area contributed by atoms with Crippen molar-refractivity contribution in [3.8, 4) is 5.75 Å². The maximum atomic E-state index is 10.6. The molecule has 1 aromatic rings. The van der Waals surface area contributed by atoms with E-state index in [0.29, 0.717) is 5.75 Å². The van der Waals surface area contributed by atoms with Crippen molar-refractivity contribution in [2.24, 2.45) is 0 Å². The van der Waals surface area contributed by atoms with E-state index in [1.165, 1.54) is 6.92 Å². The molecule has 0 aliphatic heterocycles. The van der Waals surface area contributed by atoms with Crippen LogP contribution >= 0.6 is 0 Å². The summed E-state index contributed by atoms with van der Waals surface area (Å²) in [5, 5.41) is 0. The molecular weight excluding hydrogens is 188 g/mol. The minimum absolute atomic E-state index is 0.303. The van der Waals surface area contributed by atoms with Gasteiger partial charge < -0.3 is 4.74 Å². The number of carbonyl (C=O) groups excluding carboxylic acids is 1. The van der Waals surface area contributed by atoms with Crippen LogP contribution in [0.3, 0.4) is 0 Å². The van der Waals surface area contributed by atoms with E-state index in [4.69, 9.17) is 4.74 Å². The highest BCUT2D eigenvalue weighted by atomic mass is 16.5. The van der Waals surface area contributed by atoms with Crippen LogP contribution in [0.25, 0.3) is 5.57 Å². The first kappa shape index (κ1) is 13.4. The molecule has 0 bridgehead atoms. The summed E-state index contributed by atoms with van der Waals surface area (Å²) in [6.45, 7) is 11.1. The molecule has 0 atom stereocenters. The zero-order valence-corrected chi connectivity index (χ0v) is 9.83. The van der Waals surface area contributed by atoms with Crippen molar-refractivity contribution in [1.82, 2.24) is 0 Å². The molecule has 0 fully saturated rings. The lowest BCUT2D eigenvalue weighted by Crippen LogP contribution is -2.00. The van der Waals surface area contributed by atoms with Gasteiger partial charge in [0.2, 0.25) is 0 Å². The van der Waals surface area contributed by atoms with Crippen molar-refractivity contribution in [3.63, 3.8) is 0 Å². The number of rotatable bonds is 2. The highest BCUT2D eigenvalue weighted by molar-refractivity contribution is 5.69. The molecule has 1 rings (SSSR count). The number of esters is 1. The van der Waals surface area contributed by atoms with E-state index in [1.54, 1.807) is 12.1 Å². The second kappa shape index (κ2) is 6.82. The van der Waals surface area contributed by atoms with Crippen LogP contribution in [0.5, 0.6) is 5.75 Å². The van der Waals surface area contributed by atoms with Gasteiger partial charge in [0.05, 0.1) is 0 Å². The van der Waals surface area contributed by atoms with Gasteiger partial charge in [0.15, 0.2) is 0 Å². The normalized spacial score (nSPS) is 8.53. The smallest absolute Gasteiger partial charge is 0.308 e. The van der Waals surface area contributed by atoms with Crippen molar-refractivity contribution in [3.05, 3.63) is 36.4 Å². The molecule has 0 N–H and O–H groups in total. The molecule has 0 saturated carbocycles. The summed E-state index contributed by atoms with van der Waals surface area (Å²) in [6, 6.07) is 7.26. The zero-order chi connectivity index (χ0) is 11.8. The first-order valence-electron chi connectivity index (χ1n) is 5.04. The summed E-state index contributed by atoms with van der Waals surface area (Å²) in [4.78, 5) is 10.6. The Morgan fingerprint density at radius 3 is 1.93 bits per heavy atom. The standard InChI is InChI=1S/C11H12O2.C2H6/c1-8(2)10-4-6-11(7-5-10)13-9(3)12;1-2/h4-7H,1H2,2-3H3;1-2H3. The van der Waals surface area contributed by atoms with E-state index in [-0.39, 0.29) is 5.97 Å². The summed E-state index contributed by atoms with van der Waals surface area (Å²) < 4.78 is 4.88. The van der Waals surface area contributed by atoms with Crippen LogP contribution in [0.4, 0.5) is 0 Å². The SMILES string of the molecule is C=C(C)c1ccc(OC(C)=O)cc1.CC. The number of benzene rings is 1. The van der Waals surface area contributed by atoms with Crippen molar-refractivity contribution in [2.45, 2.75) is 27.7 Å². The minimum Gasteiger partial charge on any atom is -0.427 e. The second-order valence-corrected chi connectivity index (χ2v) is 2.90. The van der Waals surface area contributed by atoms with E-state index in [2.05, 4.69) is 6.58 Å². The van der Waals surface area contributed by atoms with Gasteiger partial charge in [0.25, 0.3) is 0 Å². The molecular formula is C13H18O2. The number of allylic oxidation sites excluding steroid dienone is 1. The number of hydrogen-bond acceptors (Lipinski definition) is 2. The Morgan fingerprint density at radius 1 is 1.13 bits per heavy atom. The Morgan fingerprint density at radius 2 is 1.60 bits per heavy atom. The van der Waals surface area contributed by atoms with Crippen LogP contribution in [0.15, 0.2) is 30.8 Å². The molecule has 0 spiro atoms. The van der Waals surface area contributed by atoms with Gasteiger partial charge >= 0.3 is 5.97 Å². The van der Waals surface area contributed by atoms with Crippen LogP contribution in [0, 0.1) is 0 Å². The lowest BCUT2D eigenvalue weighted by atomic mass is 10.1. The van der Waals surface area contributed by atoms with Gasteiger partial charge in [-0.25, -0.2) is 0 Å². The molecule has 0 heterocycles. The maximum Gasteiger partial charge on any atom is 0.308 e. The van der Waals surface area contributed by atoms with Gasteiger partial charge in [-0.3, -0.25) is 4.79 Å². The average molecular weight is 206 g/mol. The summed E-state index contributed by atoms with van der Waals surface area (Å²) in [5.74, 6) is 0.264. The molecule has 2 nitrogen and oxygen atoms in total. The highest BCUT2D eigenvalue weighted by Crippen LogP contribution is 2.16. The Labute approximate surface area is 91.6 Å². The number of carbonyl (C=O) groups is 1. The van der Waals surface area contributed by atoms with Gasteiger partial charge in [0, 0.05) is 6.92 Å². The summed E-state index contributed by atoms with van der Waals surface area (Å²) in [5.41, 5.74) is 2.05. The quantitative estimate of drug-likeness (QED) is 0.545. The van der Waals surface area contributed by atoms with Crippen molar-refractivity contribution in [1.29, 1.82) is 0 Å². The third kappa shape index (κ3) is 5.01. The third-order valence-electron chi connectivity index (χ3n) is 1.61. The van der Waals surface area contributed by atoms with E-state index in [0.717, 1.165) is 11.1 Å². The molecule has 0 unspecified atom stereocenters. The van der Waals surface area contributed by atoms with Crippen LogP contribution in [0.2, 0.25) is 0 Å². The topological polar surface area (TPSA) is 26.3 Å². The van der Waals surface area contributed by atoms with Gasteiger partial charge in [-0.1, -0.05) is 38.1 Å². The lowest BCUT2D eigenvalue weighted by Gasteiger charge is -2.02. The molecule has 0 radical (unpaired) electrons. The Balaban J connectivity index is 0.000000921. The Hall–Kier alpha value is -1.57. The van der Waals surface area contributed by atoms with Gasteiger partial charge in [-0.2, -0.15) is 0 Å². The summed E-state index contributed by atoms with van der Waals surface area (Å²) in [7, 11) is 0. The van der Waals surface area contributed by atoms with Crippen LogP contribution in [0.1, 0.15) is 33.3 Å². The predicted molar refractivity (Wildman–Crippen MR) is 63.8 cm³/mol. The molecule has 0 aliphatic carbocycles. The van der Waals surface area contributed by atoms with E-state index in [9.17, 15) is 4.79 Å². The average Bonchev–Trinajstić information content (AvgIpc) is 2.20. The second-order valence-electron chi connectivity index (χ2n) is 2.90. The third-order valence-corrected chi connectivity index (χ3v) is 1.61. The Kier molecular flexibility index (Phi) is 6.11. The monoisotopic (exact) mass is 206 g/mol. The molecule has 0 aromatic heterocycles. The minimum atomic E-state index is -0.303. The zero-order valence-electron chi connectivity index (χ0n) is 9.83. The lowest BCUT2D eigenvalue weighted by molar-refractivity contribution is -0.131. The highest BCUT2D eigenvalue weighted by Gasteiger charge is 1.97. The van der Waals surface area contributed by atoms with E-state index >= 15 is 0 Å². The maximum absolute atomic E-state index is 10.6. The van der Waals surface area contributed by atoms with Gasteiger partial charge in [-0.15, -0.1) is 0 Å². The molecule has 15 heavy (non-hydrogen) atoms. The summed E-state index contributed by atoms with van der Waals surface area (Å²) >= 11 is 0. The molecule has 82 valence electrons. The number of hydrogen-bond donors (Lipinski definition) is 0. The van der Waals surface area contributed by atoms with Crippen LogP contribution in [-0.4, -0.2) is 5.97 Å².